The van der Waals surface area contributed by atoms with Crippen LogP contribution in [0.25, 0.3) is 0 Å². The Morgan fingerprint density at radius 3 is 2.50 bits per heavy atom. The number of nitrogens with one attached hydrogen (secondary N) is 1. The number of nitrogens with zero attached hydrogens (tertiary/aromatic N) is 1. The van der Waals surface area contributed by atoms with Gasteiger partial charge >= 0.3 is 0 Å². The quantitative estimate of drug-likeness (QED) is 0.829. The molecule has 3 nitrogen and oxygen atoms in total. The molecule has 0 saturated carbocycles. The predicted molar refractivity (Wildman–Crippen MR) is 83.9 cm³/mol. The number of hydrogen-bond donors (Lipinski definition) is 1. The van der Waals surface area contributed by atoms with Crippen molar-refractivity contribution in [1.29, 1.82) is 0 Å². The first-order valence-corrected chi connectivity index (χ1v) is 7.89. The average molecular weight is 276 g/mol. The summed E-state index contributed by atoms with van der Waals surface area (Å²) in [5.74, 6) is 0. The molecule has 0 unspecified atom stereocenters. The van der Waals surface area contributed by atoms with Gasteiger partial charge in [-0.25, -0.2) is 0 Å². The maximum absolute atomic E-state index is 5.68. The van der Waals surface area contributed by atoms with Gasteiger partial charge < -0.3 is 15.0 Å². The van der Waals surface area contributed by atoms with Crippen LogP contribution in [-0.4, -0.2) is 43.3 Å². The van der Waals surface area contributed by atoms with E-state index in [0.717, 1.165) is 32.7 Å². The van der Waals surface area contributed by atoms with E-state index in [4.69, 9.17) is 4.74 Å². The standard InChI is InChI=1S/C17H28N2O/c1-4-19(5-2)13-17(15-9-7-6-8-10-15)18-16-11-12-20-14(16)3/h6-10,14,16-18H,4-5,11-13H2,1-3H3/t14-,16+,17+/m1/s1. The predicted octanol–water partition coefficient (Wildman–Crippen LogP) is 2.84. The molecule has 0 spiro atoms. The summed E-state index contributed by atoms with van der Waals surface area (Å²) < 4.78 is 5.68. The minimum Gasteiger partial charge on any atom is -0.377 e. The highest BCUT2D eigenvalue weighted by Crippen LogP contribution is 2.20. The summed E-state index contributed by atoms with van der Waals surface area (Å²) in [6, 6.07) is 11.6. The largest absolute Gasteiger partial charge is 0.377 e. The lowest BCUT2D eigenvalue weighted by atomic mass is 10.0. The van der Waals surface area contributed by atoms with Gasteiger partial charge in [0.25, 0.3) is 0 Å². The molecular weight excluding hydrogens is 248 g/mol. The zero-order chi connectivity index (χ0) is 14.4. The van der Waals surface area contributed by atoms with E-state index in [1.807, 2.05) is 0 Å². The molecule has 0 aliphatic carbocycles. The first-order valence-electron chi connectivity index (χ1n) is 7.89. The van der Waals surface area contributed by atoms with E-state index < -0.39 is 0 Å². The van der Waals surface area contributed by atoms with Gasteiger partial charge in [-0.2, -0.15) is 0 Å². The van der Waals surface area contributed by atoms with Crippen molar-refractivity contribution in [2.45, 2.75) is 45.4 Å². The topological polar surface area (TPSA) is 24.5 Å². The van der Waals surface area contributed by atoms with Crippen LogP contribution >= 0.6 is 0 Å². The van der Waals surface area contributed by atoms with Crippen LogP contribution in [0.15, 0.2) is 30.3 Å². The van der Waals surface area contributed by atoms with Gasteiger partial charge in [0, 0.05) is 25.2 Å². The van der Waals surface area contributed by atoms with Gasteiger partial charge in [0.05, 0.1) is 6.10 Å². The molecule has 3 atom stereocenters. The lowest BCUT2D eigenvalue weighted by Gasteiger charge is -2.30. The van der Waals surface area contributed by atoms with Crippen molar-refractivity contribution in [2.24, 2.45) is 0 Å². The summed E-state index contributed by atoms with van der Waals surface area (Å²) in [5.41, 5.74) is 1.37. The third-order valence-corrected chi connectivity index (χ3v) is 4.33. The monoisotopic (exact) mass is 276 g/mol. The van der Waals surface area contributed by atoms with Gasteiger partial charge in [0.2, 0.25) is 0 Å². The lowest BCUT2D eigenvalue weighted by molar-refractivity contribution is 0.109. The van der Waals surface area contributed by atoms with Crippen molar-refractivity contribution in [1.82, 2.24) is 10.2 Å². The van der Waals surface area contributed by atoms with Crippen LogP contribution in [-0.2, 0) is 4.74 Å². The first-order chi connectivity index (χ1) is 9.74. The molecule has 0 radical (unpaired) electrons. The van der Waals surface area contributed by atoms with E-state index in [1.54, 1.807) is 0 Å². The summed E-state index contributed by atoms with van der Waals surface area (Å²) in [6.07, 6.45) is 1.43. The molecule has 1 aromatic carbocycles. The third kappa shape index (κ3) is 4.05. The van der Waals surface area contributed by atoms with Crippen LogP contribution in [0.2, 0.25) is 0 Å². The summed E-state index contributed by atoms with van der Waals surface area (Å²) in [7, 11) is 0. The average Bonchev–Trinajstić information content (AvgIpc) is 2.89. The van der Waals surface area contributed by atoms with Crippen molar-refractivity contribution in [3.8, 4) is 0 Å². The van der Waals surface area contributed by atoms with E-state index in [9.17, 15) is 0 Å². The molecule has 0 amide bonds. The summed E-state index contributed by atoms with van der Waals surface area (Å²) in [5, 5.41) is 3.81. The van der Waals surface area contributed by atoms with Crippen LogP contribution in [0.1, 0.15) is 38.8 Å². The molecule has 20 heavy (non-hydrogen) atoms. The number of benzene rings is 1. The maximum atomic E-state index is 5.68. The molecule has 1 heterocycles. The fourth-order valence-corrected chi connectivity index (χ4v) is 2.89. The second-order valence-corrected chi connectivity index (χ2v) is 5.59. The molecule has 1 aromatic rings. The van der Waals surface area contributed by atoms with Crippen LogP contribution in [0.4, 0.5) is 0 Å². The minimum absolute atomic E-state index is 0.318. The van der Waals surface area contributed by atoms with E-state index >= 15 is 0 Å². The van der Waals surface area contributed by atoms with Crippen molar-refractivity contribution in [2.75, 3.05) is 26.2 Å². The zero-order valence-electron chi connectivity index (χ0n) is 13.0. The highest BCUT2D eigenvalue weighted by Gasteiger charge is 2.27. The Morgan fingerprint density at radius 2 is 1.95 bits per heavy atom. The minimum atomic E-state index is 0.318. The summed E-state index contributed by atoms with van der Waals surface area (Å²) in [4.78, 5) is 2.48. The van der Waals surface area contributed by atoms with Crippen LogP contribution in [0.3, 0.4) is 0 Å². The molecule has 3 heteroatoms. The van der Waals surface area contributed by atoms with Gasteiger partial charge in [0.1, 0.15) is 0 Å². The maximum Gasteiger partial charge on any atom is 0.0700 e. The Labute approximate surface area is 123 Å². The normalized spacial score (nSPS) is 24.2. The van der Waals surface area contributed by atoms with Crippen molar-refractivity contribution < 1.29 is 4.74 Å². The summed E-state index contributed by atoms with van der Waals surface area (Å²) in [6.45, 7) is 10.8. The summed E-state index contributed by atoms with van der Waals surface area (Å²) >= 11 is 0. The Balaban J connectivity index is 2.07. The molecule has 0 aromatic heterocycles. The van der Waals surface area contributed by atoms with E-state index in [0.29, 0.717) is 18.2 Å². The van der Waals surface area contributed by atoms with Crippen molar-refractivity contribution in [3.05, 3.63) is 35.9 Å². The molecule has 112 valence electrons. The van der Waals surface area contributed by atoms with Gasteiger partial charge in [-0.1, -0.05) is 44.2 Å². The Bertz CT molecular complexity index is 378. The SMILES string of the molecule is CCN(CC)C[C@H](N[C@H]1CCO[C@@H]1C)c1ccccc1. The number of likely N-dealkylation sites (N-methyl/N-ethyl adjacent to an activating group) is 1. The fourth-order valence-electron chi connectivity index (χ4n) is 2.89. The van der Waals surface area contributed by atoms with Crippen LogP contribution in [0.5, 0.6) is 0 Å². The van der Waals surface area contributed by atoms with Crippen LogP contribution in [0, 0.1) is 0 Å². The van der Waals surface area contributed by atoms with Gasteiger partial charge in [0.15, 0.2) is 0 Å². The smallest absolute Gasteiger partial charge is 0.0700 e. The van der Waals surface area contributed by atoms with E-state index in [2.05, 4.69) is 61.3 Å². The van der Waals surface area contributed by atoms with Crippen molar-refractivity contribution in [3.63, 3.8) is 0 Å². The molecule has 1 aliphatic heterocycles. The second kappa shape index (κ2) is 7.77. The van der Waals surface area contributed by atoms with Crippen molar-refractivity contribution >= 4 is 0 Å². The second-order valence-electron chi connectivity index (χ2n) is 5.59. The van der Waals surface area contributed by atoms with Crippen LogP contribution < -0.4 is 5.32 Å². The lowest BCUT2D eigenvalue weighted by Crippen LogP contribution is -2.42. The third-order valence-electron chi connectivity index (χ3n) is 4.33. The first kappa shape index (κ1) is 15.5. The molecular formula is C17H28N2O. The molecule has 1 fully saturated rings. The highest BCUT2D eigenvalue weighted by molar-refractivity contribution is 5.19. The highest BCUT2D eigenvalue weighted by atomic mass is 16.5. The number of hydrogen-bond acceptors (Lipinski definition) is 3. The number of ether oxygens (including phenoxy) is 1. The van der Waals surface area contributed by atoms with E-state index in [-0.39, 0.29) is 0 Å². The Morgan fingerprint density at radius 1 is 1.25 bits per heavy atom. The van der Waals surface area contributed by atoms with Gasteiger partial charge in [-0.15, -0.1) is 0 Å². The molecule has 0 bridgehead atoms. The van der Waals surface area contributed by atoms with Gasteiger partial charge in [-0.3, -0.25) is 0 Å². The van der Waals surface area contributed by atoms with E-state index in [1.165, 1.54) is 5.56 Å². The van der Waals surface area contributed by atoms with Gasteiger partial charge in [-0.05, 0) is 32.0 Å². The molecule has 2 rings (SSSR count). The molecule has 1 aliphatic rings. The Hall–Kier alpha value is -0.900. The number of rotatable bonds is 7. The Kier molecular flexibility index (Phi) is 6.02. The zero-order valence-corrected chi connectivity index (χ0v) is 13.0. The fraction of sp³-hybridized carbons (Fsp3) is 0.647. The molecule has 1 N–H and O–H groups in total. The molecule has 1 saturated heterocycles.